The molecule has 2 aliphatic rings. The molecule has 0 bridgehead atoms. The van der Waals surface area contributed by atoms with Gasteiger partial charge in [-0.25, -0.2) is 9.97 Å². The zero-order chi connectivity index (χ0) is 37.6. The van der Waals surface area contributed by atoms with E-state index >= 15 is 0 Å². The molecule has 1 saturated carbocycles. The first-order valence-corrected chi connectivity index (χ1v) is 17.1. The Labute approximate surface area is 301 Å². The second-order valence-electron chi connectivity index (χ2n) is 13.1. The number of carbonyl (C=O) groups is 2. The molecule has 2 N–H and O–H groups in total. The fraction of sp³-hybridized carbons (Fsp3) is 0.429. The van der Waals surface area contributed by atoms with Crippen LogP contribution in [0.25, 0.3) is 11.2 Å². The summed E-state index contributed by atoms with van der Waals surface area (Å²) in [7, 11) is 4.89. The molecule has 3 aromatic heterocycles. The third-order valence-electron chi connectivity index (χ3n) is 9.72. The molecule has 0 radical (unpaired) electrons. The molecular formula is C35H38ClF3N8O5. The Kier molecular flexibility index (Phi) is 9.96. The molecule has 2 fully saturated rings. The summed E-state index contributed by atoms with van der Waals surface area (Å²) < 4.78 is 46.7. The van der Waals surface area contributed by atoms with Gasteiger partial charge < -0.3 is 34.3 Å². The van der Waals surface area contributed by atoms with Crippen LogP contribution in [0.1, 0.15) is 53.4 Å². The number of methoxy groups -OCH3 is 1. The summed E-state index contributed by atoms with van der Waals surface area (Å²) in [4.78, 5) is 72.7. The summed E-state index contributed by atoms with van der Waals surface area (Å²) in [6, 6.07) is 2.03. The number of hydrogen-bond donors (Lipinski definition) is 2. The minimum atomic E-state index is -4.61. The van der Waals surface area contributed by atoms with Gasteiger partial charge in [-0.05, 0) is 50.8 Å². The van der Waals surface area contributed by atoms with Crippen LogP contribution < -0.4 is 30.7 Å². The van der Waals surface area contributed by atoms with E-state index in [1.54, 1.807) is 35.4 Å². The molecule has 2 atom stereocenters. The number of nitrogens with zero attached hydrogens (tertiary/aromatic N) is 6. The largest absolute Gasteiger partial charge is 0.482 e. The van der Waals surface area contributed by atoms with Crippen LogP contribution in [0.5, 0.6) is 5.88 Å². The number of ether oxygens (including phenoxy) is 1. The van der Waals surface area contributed by atoms with E-state index in [1.807, 2.05) is 11.8 Å². The minimum absolute atomic E-state index is 0.0112. The van der Waals surface area contributed by atoms with Gasteiger partial charge in [0, 0.05) is 50.7 Å². The Balaban J connectivity index is 1.41. The number of alkyl halides is 3. The fourth-order valence-corrected chi connectivity index (χ4v) is 7.45. The highest BCUT2D eigenvalue weighted by molar-refractivity contribution is 6.33. The van der Waals surface area contributed by atoms with Gasteiger partial charge in [-0.3, -0.25) is 19.2 Å². The number of nitrogens with one attached hydrogen (secondary N) is 2. The number of pyridine rings is 2. The molecule has 276 valence electrons. The molecule has 52 heavy (non-hydrogen) atoms. The number of piperazine rings is 1. The molecule has 1 aromatic carbocycles. The van der Waals surface area contributed by atoms with E-state index in [9.17, 15) is 32.3 Å². The van der Waals surface area contributed by atoms with Gasteiger partial charge in [0.1, 0.15) is 23.6 Å². The van der Waals surface area contributed by atoms with Crippen molar-refractivity contribution < 1.29 is 27.5 Å². The molecule has 0 spiro atoms. The second-order valence-corrected chi connectivity index (χ2v) is 13.5. The van der Waals surface area contributed by atoms with Gasteiger partial charge >= 0.3 is 6.18 Å². The lowest BCUT2D eigenvalue weighted by molar-refractivity contribution is -0.137. The van der Waals surface area contributed by atoms with Crippen molar-refractivity contribution in [2.75, 3.05) is 49.4 Å². The van der Waals surface area contributed by atoms with Crippen molar-refractivity contribution in [2.45, 2.75) is 64.3 Å². The maximum absolute atomic E-state index is 14.5. The highest BCUT2D eigenvalue weighted by Gasteiger charge is 2.44. The van der Waals surface area contributed by atoms with E-state index in [0.29, 0.717) is 42.0 Å². The number of rotatable bonds is 8. The SMILES string of the molecule is CCc1c(N2CCN(C(=O)c3c(OC)[nH]cc(C)c3=O)[C@@H]3CCC[C@@H]32)c(=O)c2nc(N(C)C)cnc2n1CC(=O)Nc1ccc(C(F)(F)F)cc1Cl. The average molecular weight is 743 g/mol. The third-order valence-corrected chi connectivity index (χ3v) is 10.0. The molecule has 2 amide bonds. The molecule has 17 heteroatoms. The van der Waals surface area contributed by atoms with Crippen LogP contribution in [-0.4, -0.2) is 82.6 Å². The predicted octanol–water partition coefficient (Wildman–Crippen LogP) is 4.62. The summed E-state index contributed by atoms with van der Waals surface area (Å²) in [6.45, 7) is 3.55. The number of aromatic amines is 1. The normalized spacial score (nSPS) is 17.3. The number of amides is 2. The Morgan fingerprint density at radius 1 is 1.13 bits per heavy atom. The molecule has 13 nitrogen and oxygen atoms in total. The number of carbonyl (C=O) groups excluding carboxylic acids is 2. The van der Waals surface area contributed by atoms with Crippen LogP contribution >= 0.6 is 11.6 Å². The summed E-state index contributed by atoms with van der Waals surface area (Å²) in [5.41, 5.74) is -0.452. The van der Waals surface area contributed by atoms with E-state index in [2.05, 4.69) is 20.3 Å². The first kappa shape index (κ1) is 36.7. The maximum Gasteiger partial charge on any atom is 0.416 e. The monoisotopic (exact) mass is 742 g/mol. The van der Waals surface area contributed by atoms with E-state index in [1.165, 1.54) is 19.5 Å². The lowest BCUT2D eigenvalue weighted by Gasteiger charge is -2.46. The number of aryl methyl sites for hydroxylation is 1. The van der Waals surface area contributed by atoms with Crippen LogP contribution in [-0.2, 0) is 23.9 Å². The van der Waals surface area contributed by atoms with Gasteiger partial charge in [0.05, 0.1) is 35.6 Å². The van der Waals surface area contributed by atoms with Crippen LogP contribution in [0.4, 0.5) is 30.4 Å². The Bertz CT molecular complexity index is 2190. The highest BCUT2D eigenvalue weighted by atomic mass is 35.5. The topological polar surface area (TPSA) is 146 Å². The summed E-state index contributed by atoms with van der Waals surface area (Å²) in [5, 5.41) is 2.31. The van der Waals surface area contributed by atoms with Gasteiger partial charge in [0.2, 0.25) is 22.6 Å². The average Bonchev–Trinajstić information content (AvgIpc) is 3.60. The minimum Gasteiger partial charge on any atom is -0.482 e. The number of hydrogen-bond acceptors (Lipinski definition) is 9. The molecular weight excluding hydrogens is 705 g/mol. The number of aromatic nitrogens is 4. The Morgan fingerprint density at radius 3 is 2.52 bits per heavy atom. The maximum atomic E-state index is 14.5. The van der Waals surface area contributed by atoms with E-state index in [4.69, 9.17) is 16.3 Å². The zero-order valence-electron chi connectivity index (χ0n) is 29.2. The summed E-state index contributed by atoms with van der Waals surface area (Å²) in [5.74, 6) is -0.574. The van der Waals surface area contributed by atoms with Crippen molar-refractivity contribution in [3.05, 3.63) is 78.4 Å². The van der Waals surface area contributed by atoms with Crippen molar-refractivity contribution in [1.29, 1.82) is 0 Å². The van der Waals surface area contributed by atoms with Crippen LogP contribution in [0.3, 0.4) is 0 Å². The van der Waals surface area contributed by atoms with Crippen LogP contribution in [0.15, 0.2) is 40.2 Å². The molecule has 1 aliphatic carbocycles. The van der Waals surface area contributed by atoms with Gasteiger partial charge in [-0.1, -0.05) is 18.5 Å². The first-order chi connectivity index (χ1) is 24.7. The number of H-pyrrole nitrogens is 1. The van der Waals surface area contributed by atoms with Crippen molar-refractivity contribution in [3.8, 4) is 5.88 Å². The Hall–Kier alpha value is -5.12. The quantitative estimate of drug-likeness (QED) is 0.264. The summed E-state index contributed by atoms with van der Waals surface area (Å²) in [6.07, 6.45) is 0.740. The highest BCUT2D eigenvalue weighted by Crippen LogP contribution is 2.37. The van der Waals surface area contributed by atoms with Gasteiger partial charge in [0.15, 0.2) is 11.2 Å². The molecule has 1 aliphatic heterocycles. The van der Waals surface area contributed by atoms with Crippen molar-refractivity contribution in [1.82, 2.24) is 24.4 Å². The molecule has 4 aromatic rings. The number of halogens is 4. The number of benzene rings is 1. The Morgan fingerprint density at radius 2 is 1.87 bits per heavy atom. The first-order valence-electron chi connectivity index (χ1n) is 16.8. The second kappa shape index (κ2) is 14.1. The predicted molar refractivity (Wildman–Crippen MR) is 191 cm³/mol. The van der Waals surface area contributed by atoms with E-state index in [-0.39, 0.29) is 70.5 Å². The lowest BCUT2D eigenvalue weighted by atomic mass is 10.0. The third kappa shape index (κ3) is 6.55. The van der Waals surface area contributed by atoms with Crippen molar-refractivity contribution >= 4 is 51.8 Å². The van der Waals surface area contributed by atoms with Gasteiger partial charge in [-0.2, -0.15) is 13.2 Å². The molecule has 0 unspecified atom stereocenters. The zero-order valence-corrected chi connectivity index (χ0v) is 30.0. The number of anilines is 3. The van der Waals surface area contributed by atoms with Crippen LogP contribution in [0, 0.1) is 6.92 Å². The van der Waals surface area contributed by atoms with E-state index in [0.717, 1.165) is 24.6 Å². The standard InChI is InChI=1S/C35H38ClF3N8O5/c1-6-22-29(45-12-13-46(24-9-7-8-23(24)45)34(51)27-30(49)18(2)15-41-33(27)52-5)31(50)28-32(40-16-25(43-28)44(3)4)47(22)17-26(48)42-21-11-10-19(14-20(21)36)35(37,38)39/h10-11,14-16,23-24H,6-9,12-13,17H2,1-5H3,(H,41,49)(H,42,48)/t23-,24+/m0/s1. The lowest BCUT2D eigenvalue weighted by Crippen LogP contribution is -2.60. The van der Waals surface area contributed by atoms with Crippen molar-refractivity contribution in [3.63, 3.8) is 0 Å². The molecule has 4 heterocycles. The summed E-state index contributed by atoms with van der Waals surface area (Å²) >= 11 is 6.14. The smallest absolute Gasteiger partial charge is 0.416 e. The molecule has 1 saturated heterocycles. The fourth-order valence-electron chi connectivity index (χ4n) is 7.22. The van der Waals surface area contributed by atoms with Crippen molar-refractivity contribution in [2.24, 2.45) is 0 Å². The van der Waals surface area contributed by atoms with Gasteiger partial charge in [0.25, 0.3) is 5.91 Å². The molecule has 6 rings (SSSR count). The number of fused-ring (bicyclic) bond motifs is 2. The van der Waals surface area contributed by atoms with Gasteiger partial charge in [-0.15, -0.1) is 0 Å². The van der Waals surface area contributed by atoms with Crippen LogP contribution in [0.2, 0.25) is 5.02 Å². The van der Waals surface area contributed by atoms with E-state index < -0.39 is 29.0 Å².